The zero-order valence-corrected chi connectivity index (χ0v) is 21.1. The van der Waals surface area contributed by atoms with Crippen LogP contribution >= 0.6 is 0 Å². The Kier molecular flexibility index (Phi) is 7.87. The summed E-state index contributed by atoms with van der Waals surface area (Å²) in [7, 11) is 0.0668. The lowest BCUT2D eigenvalue weighted by Crippen LogP contribution is -2.42. The molecule has 4 rings (SSSR count). The van der Waals surface area contributed by atoms with Gasteiger partial charge in [-0.15, -0.1) is 0 Å². The van der Waals surface area contributed by atoms with Gasteiger partial charge in [0.15, 0.2) is 0 Å². The number of hydrogen-bond donors (Lipinski definition) is 3. The standard InChI is InChI=1S/C28H30N4O3S/c1-32(2)25-17-9-16-24-23(25)15-10-18-26(24)36(34,35)30-20-19-29-28(33)31-27(21-11-5-3-6-12-21)22-13-7-4-8-14-22/h3-18,27,30H,19-20H2,1-2H3,(H2,29,31,33). The summed E-state index contributed by atoms with van der Waals surface area (Å²) in [5.41, 5.74) is 2.84. The van der Waals surface area contributed by atoms with Gasteiger partial charge in [-0.25, -0.2) is 17.9 Å². The minimum Gasteiger partial charge on any atom is -0.377 e. The first-order chi connectivity index (χ1) is 17.4. The number of carbonyl (C=O) groups is 1. The van der Waals surface area contributed by atoms with Gasteiger partial charge in [-0.2, -0.15) is 0 Å². The van der Waals surface area contributed by atoms with Crippen LogP contribution in [0.2, 0.25) is 0 Å². The normalized spacial score (nSPS) is 11.4. The van der Waals surface area contributed by atoms with Gasteiger partial charge in [0, 0.05) is 43.6 Å². The summed E-state index contributed by atoms with van der Waals surface area (Å²) >= 11 is 0. The van der Waals surface area contributed by atoms with Crippen molar-refractivity contribution in [2.75, 3.05) is 32.1 Å². The summed E-state index contributed by atoms with van der Waals surface area (Å²) < 4.78 is 28.7. The Bertz CT molecular complexity index is 1390. The molecule has 7 nitrogen and oxygen atoms in total. The maximum Gasteiger partial charge on any atom is 0.315 e. The maximum atomic E-state index is 13.1. The average molecular weight is 503 g/mol. The van der Waals surface area contributed by atoms with E-state index in [1.165, 1.54) is 0 Å². The second kappa shape index (κ2) is 11.2. The van der Waals surface area contributed by atoms with Crippen molar-refractivity contribution in [2.45, 2.75) is 10.9 Å². The Morgan fingerprint density at radius 2 is 1.33 bits per heavy atom. The lowest BCUT2D eigenvalue weighted by atomic mass is 9.99. The topological polar surface area (TPSA) is 90.5 Å². The van der Waals surface area contributed by atoms with E-state index in [0.717, 1.165) is 22.2 Å². The molecule has 0 aliphatic rings. The number of hydrogen-bond acceptors (Lipinski definition) is 4. The van der Waals surface area contributed by atoms with Crippen LogP contribution < -0.4 is 20.3 Å². The van der Waals surface area contributed by atoms with E-state index in [2.05, 4.69) is 15.4 Å². The summed E-state index contributed by atoms with van der Waals surface area (Å²) in [4.78, 5) is 14.8. The van der Waals surface area contributed by atoms with Crippen LogP contribution in [0.1, 0.15) is 17.2 Å². The molecule has 0 bridgehead atoms. The molecular formula is C28H30N4O3S. The molecule has 3 N–H and O–H groups in total. The molecule has 36 heavy (non-hydrogen) atoms. The largest absolute Gasteiger partial charge is 0.377 e. The number of amides is 2. The molecule has 0 saturated heterocycles. The van der Waals surface area contributed by atoms with Crippen molar-refractivity contribution < 1.29 is 13.2 Å². The van der Waals surface area contributed by atoms with Crippen LogP contribution in [-0.4, -0.2) is 41.6 Å². The fourth-order valence-corrected chi connectivity index (χ4v) is 5.41. The Morgan fingerprint density at radius 3 is 1.94 bits per heavy atom. The van der Waals surface area contributed by atoms with Gasteiger partial charge >= 0.3 is 6.03 Å². The SMILES string of the molecule is CN(C)c1cccc2c(S(=O)(=O)NCCNC(=O)NC(c3ccccc3)c3ccccc3)cccc12. The van der Waals surface area contributed by atoms with Crippen LogP contribution in [0.4, 0.5) is 10.5 Å². The summed E-state index contributed by atoms with van der Waals surface area (Å²) in [6.07, 6.45) is 0. The fourth-order valence-electron chi connectivity index (χ4n) is 4.16. The first-order valence-electron chi connectivity index (χ1n) is 11.7. The molecule has 0 saturated carbocycles. The summed E-state index contributed by atoms with van der Waals surface area (Å²) in [5.74, 6) is 0. The number of benzene rings is 4. The van der Waals surface area contributed by atoms with E-state index < -0.39 is 10.0 Å². The fraction of sp³-hybridized carbons (Fsp3) is 0.179. The van der Waals surface area contributed by atoms with Crippen LogP contribution in [0, 0.1) is 0 Å². The first kappa shape index (κ1) is 25.2. The lowest BCUT2D eigenvalue weighted by Gasteiger charge is -2.20. The van der Waals surface area contributed by atoms with E-state index in [1.807, 2.05) is 97.9 Å². The molecule has 8 heteroatoms. The molecule has 186 valence electrons. The van der Waals surface area contributed by atoms with Gasteiger partial charge in [0.05, 0.1) is 10.9 Å². The highest BCUT2D eigenvalue weighted by atomic mass is 32.2. The van der Waals surface area contributed by atoms with Crippen LogP contribution in [0.5, 0.6) is 0 Å². The van der Waals surface area contributed by atoms with Crippen molar-refractivity contribution in [3.63, 3.8) is 0 Å². The zero-order valence-electron chi connectivity index (χ0n) is 20.3. The molecule has 0 aromatic heterocycles. The van der Waals surface area contributed by atoms with Gasteiger partial charge in [0.25, 0.3) is 0 Å². The third-order valence-corrected chi connectivity index (χ3v) is 7.39. The smallest absolute Gasteiger partial charge is 0.315 e. The Hall–Kier alpha value is -3.88. The molecular weight excluding hydrogens is 472 g/mol. The molecule has 0 aliphatic heterocycles. The van der Waals surface area contributed by atoms with Crippen molar-refractivity contribution in [3.8, 4) is 0 Å². The number of nitrogens with one attached hydrogen (secondary N) is 3. The quantitative estimate of drug-likeness (QED) is 0.298. The van der Waals surface area contributed by atoms with E-state index in [-0.39, 0.29) is 30.1 Å². The van der Waals surface area contributed by atoms with Crippen LogP contribution in [0.25, 0.3) is 10.8 Å². The maximum absolute atomic E-state index is 13.1. The van der Waals surface area contributed by atoms with Crippen molar-refractivity contribution in [2.24, 2.45) is 0 Å². The number of urea groups is 1. The summed E-state index contributed by atoms with van der Waals surface area (Å²) in [6, 6.07) is 29.5. The number of sulfonamides is 1. The number of fused-ring (bicyclic) bond motifs is 1. The van der Waals surface area contributed by atoms with Crippen LogP contribution in [-0.2, 0) is 10.0 Å². The molecule has 4 aromatic rings. The third kappa shape index (κ3) is 5.84. The Labute approximate surface area is 212 Å². The van der Waals surface area contributed by atoms with Gasteiger partial charge in [-0.3, -0.25) is 0 Å². The van der Waals surface area contributed by atoms with Gasteiger partial charge in [-0.1, -0.05) is 84.9 Å². The molecule has 0 spiro atoms. The molecule has 0 unspecified atom stereocenters. The van der Waals surface area contributed by atoms with E-state index >= 15 is 0 Å². The highest BCUT2D eigenvalue weighted by Crippen LogP contribution is 2.30. The molecule has 0 heterocycles. The van der Waals surface area contributed by atoms with Crippen molar-refractivity contribution in [3.05, 3.63) is 108 Å². The minimum absolute atomic E-state index is 0.0564. The van der Waals surface area contributed by atoms with Crippen molar-refractivity contribution in [1.82, 2.24) is 15.4 Å². The highest BCUT2D eigenvalue weighted by molar-refractivity contribution is 7.89. The molecule has 0 aliphatic carbocycles. The van der Waals surface area contributed by atoms with E-state index in [1.54, 1.807) is 18.2 Å². The second-order valence-electron chi connectivity index (χ2n) is 8.58. The Morgan fingerprint density at radius 1 is 0.750 bits per heavy atom. The van der Waals surface area contributed by atoms with Gasteiger partial charge in [0.1, 0.15) is 0 Å². The molecule has 0 radical (unpaired) electrons. The number of nitrogens with zero attached hydrogens (tertiary/aromatic N) is 1. The summed E-state index contributed by atoms with van der Waals surface area (Å²) in [5, 5.41) is 7.25. The van der Waals surface area contributed by atoms with E-state index in [4.69, 9.17) is 0 Å². The summed E-state index contributed by atoms with van der Waals surface area (Å²) in [6.45, 7) is 0.190. The second-order valence-corrected chi connectivity index (χ2v) is 10.3. The molecule has 4 aromatic carbocycles. The first-order valence-corrected chi connectivity index (χ1v) is 13.2. The van der Waals surface area contributed by atoms with Crippen molar-refractivity contribution >= 4 is 32.5 Å². The zero-order chi connectivity index (χ0) is 25.5. The lowest BCUT2D eigenvalue weighted by molar-refractivity contribution is 0.239. The number of carbonyl (C=O) groups excluding carboxylic acids is 1. The molecule has 0 fully saturated rings. The highest BCUT2D eigenvalue weighted by Gasteiger charge is 2.19. The average Bonchev–Trinajstić information content (AvgIpc) is 2.90. The molecule has 0 atom stereocenters. The molecule has 2 amide bonds. The van der Waals surface area contributed by atoms with Crippen LogP contribution in [0.3, 0.4) is 0 Å². The number of rotatable bonds is 9. The monoisotopic (exact) mass is 502 g/mol. The van der Waals surface area contributed by atoms with Crippen LogP contribution in [0.15, 0.2) is 102 Å². The third-order valence-electron chi connectivity index (χ3n) is 5.87. The predicted octanol–water partition coefficient (Wildman–Crippen LogP) is 4.27. The number of anilines is 1. The van der Waals surface area contributed by atoms with Gasteiger partial charge in [-0.05, 0) is 23.3 Å². The predicted molar refractivity (Wildman–Crippen MR) is 145 cm³/mol. The van der Waals surface area contributed by atoms with Gasteiger partial charge < -0.3 is 15.5 Å². The Balaban J connectivity index is 1.40. The van der Waals surface area contributed by atoms with Gasteiger partial charge in [0.2, 0.25) is 10.0 Å². The van der Waals surface area contributed by atoms with E-state index in [0.29, 0.717) is 5.39 Å². The van der Waals surface area contributed by atoms with Crippen molar-refractivity contribution in [1.29, 1.82) is 0 Å². The van der Waals surface area contributed by atoms with E-state index in [9.17, 15) is 13.2 Å². The minimum atomic E-state index is -3.78.